The van der Waals surface area contributed by atoms with Crippen molar-refractivity contribution in [2.45, 2.75) is 45.3 Å². The van der Waals surface area contributed by atoms with Crippen molar-refractivity contribution in [1.29, 1.82) is 0 Å². The van der Waals surface area contributed by atoms with Gasteiger partial charge in [0.1, 0.15) is 11.8 Å². The molecule has 6 nitrogen and oxygen atoms in total. The number of nitrogens with one attached hydrogen (secondary N) is 2. The van der Waals surface area contributed by atoms with Crippen LogP contribution in [-0.2, 0) is 22.6 Å². The van der Waals surface area contributed by atoms with Crippen LogP contribution in [0.3, 0.4) is 0 Å². The van der Waals surface area contributed by atoms with Gasteiger partial charge < -0.3 is 21.5 Å². The van der Waals surface area contributed by atoms with Crippen LogP contribution in [0.2, 0.25) is 0 Å². The number of carbonyl (C=O) groups is 2. The summed E-state index contributed by atoms with van der Waals surface area (Å²) in [6, 6.07) is 14.7. The molecule has 0 bridgehead atoms. The predicted molar refractivity (Wildman–Crippen MR) is 109 cm³/mol. The monoisotopic (exact) mass is 383 g/mol. The van der Waals surface area contributed by atoms with Crippen molar-refractivity contribution < 1.29 is 14.7 Å². The van der Waals surface area contributed by atoms with E-state index in [0.29, 0.717) is 13.0 Å². The van der Waals surface area contributed by atoms with Gasteiger partial charge in [0.05, 0.1) is 6.04 Å². The van der Waals surface area contributed by atoms with Gasteiger partial charge in [0.15, 0.2) is 0 Å². The molecule has 1 unspecified atom stereocenters. The number of hydrogen-bond donors (Lipinski definition) is 4. The topological polar surface area (TPSA) is 104 Å². The lowest BCUT2D eigenvalue weighted by Crippen LogP contribution is -2.54. The Labute approximate surface area is 166 Å². The molecule has 0 aromatic heterocycles. The van der Waals surface area contributed by atoms with E-state index in [1.165, 1.54) is 0 Å². The van der Waals surface area contributed by atoms with Crippen LogP contribution in [0, 0.1) is 5.92 Å². The summed E-state index contributed by atoms with van der Waals surface area (Å²) < 4.78 is 0. The number of nitrogens with two attached hydrogens (primary N) is 1. The van der Waals surface area contributed by atoms with Gasteiger partial charge in [-0.2, -0.15) is 0 Å². The second-order valence-corrected chi connectivity index (χ2v) is 7.05. The van der Waals surface area contributed by atoms with E-state index in [2.05, 4.69) is 10.6 Å². The Morgan fingerprint density at radius 3 is 2.25 bits per heavy atom. The van der Waals surface area contributed by atoms with Crippen LogP contribution in [0.15, 0.2) is 54.6 Å². The molecule has 150 valence electrons. The molecule has 2 aromatic rings. The van der Waals surface area contributed by atoms with E-state index in [1.807, 2.05) is 44.2 Å². The highest BCUT2D eigenvalue weighted by Crippen LogP contribution is 2.12. The lowest BCUT2D eigenvalue weighted by Gasteiger charge is -2.25. The summed E-state index contributed by atoms with van der Waals surface area (Å²) in [4.78, 5) is 25.2. The third-order valence-electron chi connectivity index (χ3n) is 4.83. The average molecular weight is 383 g/mol. The van der Waals surface area contributed by atoms with Crippen LogP contribution in [0.5, 0.6) is 5.75 Å². The Bertz CT molecular complexity index is 762. The fourth-order valence-electron chi connectivity index (χ4n) is 2.84. The van der Waals surface area contributed by atoms with Gasteiger partial charge in [-0.3, -0.25) is 9.59 Å². The second kappa shape index (κ2) is 10.5. The third-order valence-corrected chi connectivity index (χ3v) is 4.83. The van der Waals surface area contributed by atoms with E-state index in [4.69, 9.17) is 5.73 Å². The Kier molecular flexibility index (Phi) is 8.02. The molecule has 0 fully saturated rings. The zero-order valence-electron chi connectivity index (χ0n) is 16.4. The molecule has 0 aliphatic rings. The molecule has 0 saturated heterocycles. The lowest BCUT2D eigenvalue weighted by atomic mass is 9.97. The van der Waals surface area contributed by atoms with Crippen LogP contribution >= 0.6 is 0 Å². The summed E-state index contributed by atoms with van der Waals surface area (Å²) in [6.07, 6.45) is 1.07. The molecule has 2 aromatic carbocycles. The minimum Gasteiger partial charge on any atom is -0.508 e. The van der Waals surface area contributed by atoms with Crippen LogP contribution in [0.25, 0.3) is 0 Å². The molecule has 5 N–H and O–H groups in total. The standard InChI is InChI=1S/C22H29N3O3/c1-3-15(2)20(22(28)24-14-17-7-5-4-6-8-17)25-21(27)19(23)13-16-9-11-18(26)12-10-16/h4-12,15,19-20,26H,3,13-14,23H2,1-2H3,(H,24,28)(H,25,27)/t15?,19-,20-/m0/s1. The van der Waals surface area contributed by atoms with Gasteiger partial charge in [-0.15, -0.1) is 0 Å². The van der Waals surface area contributed by atoms with Gasteiger partial charge in [0, 0.05) is 6.54 Å². The summed E-state index contributed by atoms with van der Waals surface area (Å²) in [5, 5.41) is 15.0. The van der Waals surface area contributed by atoms with Crippen molar-refractivity contribution >= 4 is 11.8 Å². The highest BCUT2D eigenvalue weighted by Gasteiger charge is 2.27. The maximum absolute atomic E-state index is 12.7. The van der Waals surface area contributed by atoms with Crippen molar-refractivity contribution in [3.63, 3.8) is 0 Å². The summed E-state index contributed by atoms with van der Waals surface area (Å²) in [5.41, 5.74) is 7.87. The van der Waals surface area contributed by atoms with E-state index in [-0.39, 0.29) is 23.5 Å². The zero-order chi connectivity index (χ0) is 20.5. The normalized spacial score (nSPS) is 14.0. The number of phenols is 1. The van der Waals surface area contributed by atoms with Gasteiger partial charge >= 0.3 is 0 Å². The molecule has 2 amide bonds. The predicted octanol–water partition coefficient (Wildman–Crippen LogP) is 2.11. The first-order valence-corrected chi connectivity index (χ1v) is 9.56. The highest BCUT2D eigenvalue weighted by molar-refractivity contribution is 5.90. The first-order chi connectivity index (χ1) is 13.4. The molecular weight excluding hydrogens is 354 g/mol. The number of carbonyl (C=O) groups excluding carboxylic acids is 2. The van der Waals surface area contributed by atoms with Gasteiger partial charge in [0.2, 0.25) is 11.8 Å². The SMILES string of the molecule is CCC(C)[C@H](NC(=O)[C@@H](N)Cc1ccc(O)cc1)C(=O)NCc1ccccc1. The molecule has 28 heavy (non-hydrogen) atoms. The first-order valence-electron chi connectivity index (χ1n) is 9.56. The quantitative estimate of drug-likeness (QED) is 0.532. The number of benzene rings is 2. The number of phenolic OH excluding ortho intramolecular Hbond substituents is 1. The van der Waals surface area contributed by atoms with E-state index in [1.54, 1.807) is 24.3 Å². The fraction of sp³-hybridized carbons (Fsp3) is 0.364. The van der Waals surface area contributed by atoms with Gasteiger partial charge in [0.25, 0.3) is 0 Å². The summed E-state index contributed by atoms with van der Waals surface area (Å²) in [6.45, 7) is 4.31. The Morgan fingerprint density at radius 1 is 1.00 bits per heavy atom. The van der Waals surface area contributed by atoms with E-state index < -0.39 is 12.1 Å². The summed E-state index contributed by atoms with van der Waals surface area (Å²) >= 11 is 0. The van der Waals surface area contributed by atoms with Crippen molar-refractivity contribution in [3.8, 4) is 5.75 Å². The minimum atomic E-state index is -0.780. The van der Waals surface area contributed by atoms with E-state index in [0.717, 1.165) is 17.5 Å². The van der Waals surface area contributed by atoms with Gasteiger partial charge in [-0.1, -0.05) is 62.7 Å². The van der Waals surface area contributed by atoms with Crippen LogP contribution in [0.4, 0.5) is 0 Å². The first kappa shape index (κ1) is 21.4. The van der Waals surface area contributed by atoms with E-state index in [9.17, 15) is 14.7 Å². The molecule has 0 spiro atoms. The number of aromatic hydroxyl groups is 1. The Morgan fingerprint density at radius 2 is 1.64 bits per heavy atom. The lowest BCUT2D eigenvalue weighted by molar-refractivity contribution is -0.130. The molecular formula is C22H29N3O3. The summed E-state index contributed by atoms with van der Waals surface area (Å²) in [5.74, 6) is -0.453. The largest absolute Gasteiger partial charge is 0.508 e. The number of rotatable bonds is 9. The van der Waals surface area contributed by atoms with Crippen molar-refractivity contribution in [3.05, 3.63) is 65.7 Å². The van der Waals surface area contributed by atoms with Crippen LogP contribution in [0.1, 0.15) is 31.4 Å². The smallest absolute Gasteiger partial charge is 0.243 e. The highest BCUT2D eigenvalue weighted by atomic mass is 16.3. The second-order valence-electron chi connectivity index (χ2n) is 7.05. The molecule has 2 rings (SSSR count). The maximum atomic E-state index is 12.7. The molecule has 0 radical (unpaired) electrons. The zero-order valence-corrected chi connectivity index (χ0v) is 16.4. The average Bonchev–Trinajstić information content (AvgIpc) is 2.71. The molecule has 0 heterocycles. The maximum Gasteiger partial charge on any atom is 0.243 e. The minimum absolute atomic E-state index is 0.0272. The van der Waals surface area contributed by atoms with Crippen molar-refractivity contribution in [2.24, 2.45) is 11.7 Å². The molecule has 6 heteroatoms. The van der Waals surface area contributed by atoms with Gasteiger partial charge in [-0.05, 0) is 35.6 Å². The molecule has 0 saturated carbocycles. The summed E-state index contributed by atoms with van der Waals surface area (Å²) in [7, 11) is 0. The molecule has 0 aliphatic heterocycles. The van der Waals surface area contributed by atoms with Crippen molar-refractivity contribution in [1.82, 2.24) is 10.6 Å². The van der Waals surface area contributed by atoms with Crippen LogP contribution < -0.4 is 16.4 Å². The van der Waals surface area contributed by atoms with E-state index >= 15 is 0 Å². The number of amides is 2. The molecule has 3 atom stereocenters. The third kappa shape index (κ3) is 6.39. The van der Waals surface area contributed by atoms with Crippen LogP contribution in [-0.4, -0.2) is 29.0 Å². The van der Waals surface area contributed by atoms with Gasteiger partial charge in [-0.25, -0.2) is 0 Å². The Balaban J connectivity index is 1.96. The fourth-order valence-corrected chi connectivity index (χ4v) is 2.84. The van der Waals surface area contributed by atoms with Crippen molar-refractivity contribution in [2.75, 3.05) is 0 Å². The number of hydrogen-bond acceptors (Lipinski definition) is 4. The molecule has 0 aliphatic carbocycles. The Hall–Kier alpha value is -2.86.